The predicted octanol–water partition coefficient (Wildman–Crippen LogP) is 10.6. The highest BCUT2D eigenvalue weighted by atomic mass is 32.1. The standard InChI is InChI=1S/C29H22S4/c1-19-18-28(21-10-6-3-7-11-21)33-29(19)27-17-16-26(32-27)25-15-14-24(31-25)23-13-12-22(30-23)20-8-4-2-5-9-20/h2-4,6-8,10-18H,5,9H2,1H3. The molecule has 0 radical (unpaired) electrons. The maximum Gasteiger partial charge on any atom is 0.0478 e. The summed E-state index contributed by atoms with van der Waals surface area (Å²) in [6.45, 7) is 2.23. The number of aryl methyl sites for hydroxylation is 1. The van der Waals surface area contributed by atoms with E-state index in [9.17, 15) is 0 Å². The molecule has 0 N–H and O–H groups in total. The van der Waals surface area contributed by atoms with Gasteiger partial charge in [0.15, 0.2) is 0 Å². The molecule has 0 amide bonds. The monoisotopic (exact) mass is 498 g/mol. The van der Waals surface area contributed by atoms with Gasteiger partial charge in [-0.2, -0.15) is 0 Å². The molecule has 0 fully saturated rings. The largest absolute Gasteiger partial charge is 0.135 e. The van der Waals surface area contributed by atoms with Gasteiger partial charge in [-0.3, -0.25) is 0 Å². The topological polar surface area (TPSA) is 0 Å². The minimum absolute atomic E-state index is 1.15. The Hall–Kier alpha value is -2.50. The van der Waals surface area contributed by atoms with Crippen molar-refractivity contribution in [3.05, 3.63) is 101 Å². The molecule has 0 atom stereocenters. The first-order valence-electron chi connectivity index (χ1n) is 11.1. The Balaban J connectivity index is 1.26. The van der Waals surface area contributed by atoms with Crippen LogP contribution in [-0.2, 0) is 0 Å². The molecule has 1 aliphatic carbocycles. The molecule has 0 aliphatic heterocycles. The van der Waals surface area contributed by atoms with E-state index >= 15 is 0 Å². The van der Waals surface area contributed by atoms with Crippen molar-refractivity contribution >= 4 is 50.9 Å². The highest BCUT2D eigenvalue weighted by Crippen LogP contribution is 2.45. The Morgan fingerprint density at radius 2 is 1.21 bits per heavy atom. The lowest BCUT2D eigenvalue weighted by Gasteiger charge is -2.05. The van der Waals surface area contributed by atoms with Gasteiger partial charge in [-0.05, 0) is 78.9 Å². The van der Waals surface area contributed by atoms with Crippen LogP contribution in [0.15, 0.2) is 91.0 Å². The van der Waals surface area contributed by atoms with Crippen LogP contribution in [-0.4, -0.2) is 0 Å². The fourth-order valence-electron chi connectivity index (χ4n) is 4.12. The number of hydrogen-bond acceptors (Lipinski definition) is 4. The molecule has 4 heterocycles. The SMILES string of the molecule is Cc1cc(-c2ccccc2)sc1-c1ccc(-c2ccc(-c3ccc(C4=CC=CCC4)s3)s2)s1. The molecule has 33 heavy (non-hydrogen) atoms. The van der Waals surface area contributed by atoms with E-state index in [2.05, 4.69) is 97.9 Å². The molecule has 6 rings (SSSR count). The van der Waals surface area contributed by atoms with Gasteiger partial charge < -0.3 is 0 Å². The molecule has 5 aromatic rings. The van der Waals surface area contributed by atoms with Gasteiger partial charge in [-0.25, -0.2) is 0 Å². The molecule has 0 unspecified atom stereocenters. The van der Waals surface area contributed by atoms with Crippen molar-refractivity contribution in [2.45, 2.75) is 19.8 Å². The fraction of sp³-hybridized carbons (Fsp3) is 0.103. The summed E-state index contributed by atoms with van der Waals surface area (Å²) in [5.74, 6) is 0. The van der Waals surface area contributed by atoms with Gasteiger partial charge in [0.2, 0.25) is 0 Å². The van der Waals surface area contributed by atoms with E-state index < -0.39 is 0 Å². The number of benzene rings is 1. The van der Waals surface area contributed by atoms with Crippen LogP contribution >= 0.6 is 45.3 Å². The Bertz CT molecular complexity index is 1470. The zero-order valence-corrected chi connectivity index (χ0v) is 21.5. The van der Waals surface area contributed by atoms with Crippen LogP contribution < -0.4 is 0 Å². The van der Waals surface area contributed by atoms with E-state index in [1.165, 1.54) is 55.7 Å². The van der Waals surface area contributed by atoms with E-state index in [4.69, 9.17) is 0 Å². The summed E-state index contributed by atoms with van der Waals surface area (Å²) < 4.78 is 0. The Labute approximate surface area is 210 Å². The number of allylic oxidation sites excluding steroid dienone is 4. The van der Waals surface area contributed by atoms with Crippen molar-refractivity contribution < 1.29 is 0 Å². The van der Waals surface area contributed by atoms with Crippen molar-refractivity contribution in [3.63, 3.8) is 0 Å². The molecule has 0 saturated carbocycles. The van der Waals surface area contributed by atoms with Crippen LogP contribution in [0.4, 0.5) is 0 Å². The van der Waals surface area contributed by atoms with Gasteiger partial charge in [0, 0.05) is 39.0 Å². The number of thiophene rings is 4. The third-order valence-corrected chi connectivity index (χ3v) is 11.0. The second-order valence-electron chi connectivity index (χ2n) is 8.14. The van der Waals surface area contributed by atoms with E-state index in [1.54, 1.807) is 0 Å². The molecular formula is C29H22S4. The molecule has 4 heteroatoms. The normalized spacial score (nSPS) is 13.4. The molecule has 0 nitrogen and oxygen atoms in total. The molecule has 162 valence electrons. The summed E-state index contributed by atoms with van der Waals surface area (Å²) in [6, 6.07) is 26.7. The number of hydrogen-bond donors (Lipinski definition) is 0. The maximum atomic E-state index is 2.32. The second kappa shape index (κ2) is 9.03. The smallest absolute Gasteiger partial charge is 0.0478 e. The Morgan fingerprint density at radius 3 is 1.88 bits per heavy atom. The average molecular weight is 499 g/mol. The van der Waals surface area contributed by atoms with Crippen molar-refractivity contribution in [1.29, 1.82) is 0 Å². The minimum atomic E-state index is 1.15. The van der Waals surface area contributed by atoms with Gasteiger partial charge in [-0.15, -0.1) is 45.3 Å². The van der Waals surface area contributed by atoms with Crippen LogP contribution in [0.5, 0.6) is 0 Å². The molecule has 0 spiro atoms. The van der Waals surface area contributed by atoms with Gasteiger partial charge in [0.05, 0.1) is 0 Å². The first kappa shape index (κ1) is 21.1. The van der Waals surface area contributed by atoms with E-state index in [0.29, 0.717) is 0 Å². The highest BCUT2D eigenvalue weighted by Gasteiger charge is 2.15. The van der Waals surface area contributed by atoms with Crippen LogP contribution in [0.1, 0.15) is 23.3 Å². The Kier molecular flexibility index (Phi) is 5.77. The lowest BCUT2D eigenvalue weighted by atomic mass is 10.0. The lowest BCUT2D eigenvalue weighted by Crippen LogP contribution is -1.82. The molecule has 1 aromatic carbocycles. The third kappa shape index (κ3) is 4.24. The van der Waals surface area contributed by atoms with Crippen LogP contribution in [0.2, 0.25) is 0 Å². The predicted molar refractivity (Wildman–Crippen MR) is 151 cm³/mol. The first-order chi connectivity index (χ1) is 16.2. The van der Waals surface area contributed by atoms with Gasteiger partial charge in [-0.1, -0.05) is 48.6 Å². The van der Waals surface area contributed by atoms with Crippen molar-refractivity contribution in [3.8, 4) is 39.7 Å². The molecule has 0 saturated heterocycles. The zero-order chi connectivity index (χ0) is 22.2. The quantitative estimate of drug-likeness (QED) is 0.226. The van der Waals surface area contributed by atoms with Crippen LogP contribution in [0.3, 0.4) is 0 Å². The zero-order valence-electron chi connectivity index (χ0n) is 18.2. The summed E-state index contributed by atoms with van der Waals surface area (Å²) in [5, 5.41) is 0. The van der Waals surface area contributed by atoms with Gasteiger partial charge in [0.25, 0.3) is 0 Å². The molecular weight excluding hydrogens is 477 g/mol. The van der Waals surface area contributed by atoms with Gasteiger partial charge >= 0.3 is 0 Å². The molecule has 1 aliphatic rings. The summed E-state index contributed by atoms with van der Waals surface area (Å²) >= 11 is 7.63. The summed E-state index contributed by atoms with van der Waals surface area (Å²) in [7, 11) is 0. The second-order valence-corrected chi connectivity index (χ2v) is 12.4. The third-order valence-electron chi connectivity index (χ3n) is 5.83. The fourth-order valence-corrected chi connectivity index (χ4v) is 8.72. The van der Waals surface area contributed by atoms with Gasteiger partial charge in [0.1, 0.15) is 0 Å². The molecule has 4 aromatic heterocycles. The lowest BCUT2D eigenvalue weighted by molar-refractivity contribution is 1.06. The first-order valence-corrected chi connectivity index (χ1v) is 14.3. The van der Waals surface area contributed by atoms with Crippen molar-refractivity contribution in [1.82, 2.24) is 0 Å². The summed E-state index contributed by atoms with van der Waals surface area (Å²) in [4.78, 5) is 10.9. The Morgan fingerprint density at radius 1 is 0.606 bits per heavy atom. The van der Waals surface area contributed by atoms with Crippen LogP contribution in [0.25, 0.3) is 45.3 Å². The average Bonchev–Trinajstić information content (AvgIpc) is 3.66. The van der Waals surface area contributed by atoms with E-state index in [-0.39, 0.29) is 0 Å². The van der Waals surface area contributed by atoms with Crippen molar-refractivity contribution in [2.75, 3.05) is 0 Å². The van der Waals surface area contributed by atoms with E-state index in [1.807, 2.05) is 45.3 Å². The minimum Gasteiger partial charge on any atom is -0.135 e. The highest BCUT2D eigenvalue weighted by molar-refractivity contribution is 7.29. The van der Waals surface area contributed by atoms with Crippen LogP contribution in [0, 0.1) is 6.92 Å². The summed E-state index contributed by atoms with van der Waals surface area (Å²) in [5.41, 5.74) is 4.12. The van der Waals surface area contributed by atoms with Crippen molar-refractivity contribution in [2.24, 2.45) is 0 Å². The molecule has 0 bridgehead atoms. The number of rotatable bonds is 5. The van der Waals surface area contributed by atoms with E-state index in [0.717, 1.165) is 12.8 Å². The summed E-state index contributed by atoms with van der Waals surface area (Å²) in [6.07, 6.45) is 9.01. The maximum absolute atomic E-state index is 2.32.